The van der Waals surface area contributed by atoms with Crippen molar-refractivity contribution in [2.24, 2.45) is 11.8 Å². The molecule has 0 aromatic rings. The van der Waals surface area contributed by atoms with Crippen LogP contribution in [0.4, 0.5) is 4.79 Å². The van der Waals surface area contributed by atoms with Crippen molar-refractivity contribution in [1.82, 2.24) is 9.80 Å². The number of rotatable bonds is 10. The van der Waals surface area contributed by atoms with Gasteiger partial charge < -0.3 is 44.1 Å². The Kier molecular flexibility index (Phi) is 13.9. The molecule has 0 bridgehead atoms. The van der Waals surface area contributed by atoms with Gasteiger partial charge in [-0.25, -0.2) is 4.79 Å². The molecule has 3 N–H and O–H groups in total. The summed E-state index contributed by atoms with van der Waals surface area (Å²) in [5.74, 6) is -0.833. The minimum atomic E-state index is -1.14. The molecule has 2 saturated heterocycles. The zero-order valence-electron chi connectivity index (χ0n) is 29.1. The van der Waals surface area contributed by atoms with E-state index >= 15 is 0 Å². The lowest BCUT2D eigenvalue weighted by Crippen LogP contribution is -2.50. The molecule has 2 fully saturated rings. The maximum atomic E-state index is 13.2. The van der Waals surface area contributed by atoms with Crippen LogP contribution in [0.15, 0.2) is 36.0 Å². The SMILES string of the molecule is CCC(O)C(C)C1OC1CC(C)(O)C=CC=C(C)C1OC(=O)CC(O)CCC(C)(OC)C(OC(=O)N2CCN(C)CC2)C=CC1C. The van der Waals surface area contributed by atoms with Gasteiger partial charge in [0, 0.05) is 51.5 Å². The lowest BCUT2D eigenvalue weighted by Gasteiger charge is -2.38. The molecule has 0 aromatic heterocycles. The molecule has 0 aliphatic carbocycles. The van der Waals surface area contributed by atoms with Crippen LogP contribution in [-0.2, 0) is 23.7 Å². The highest BCUT2D eigenvalue weighted by molar-refractivity contribution is 5.70. The molecule has 0 aromatic carbocycles. The summed E-state index contributed by atoms with van der Waals surface area (Å²) < 4.78 is 23.6. The molecule has 0 radical (unpaired) electrons. The fourth-order valence-electron chi connectivity index (χ4n) is 6.18. The average molecular weight is 651 g/mol. The van der Waals surface area contributed by atoms with Gasteiger partial charge in [-0.15, -0.1) is 0 Å². The number of methoxy groups -OCH3 is 1. The molecule has 0 spiro atoms. The van der Waals surface area contributed by atoms with Crippen LogP contribution in [0.2, 0.25) is 0 Å². The first-order valence-corrected chi connectivity index (χ1v) is 16.8. The second-order valence-electron chi connectivity index (χ2n) is 14.0. The maximum Gasteiger partial charge on any atom is 0.410 e. The highest BCUT2D eigenvalue weighted by atomic mass is 16.6. The molecule has 46 heavy (non-hydrogen) atoms. The van der Waals surface area contributed by atoms with Crippen LogP contribution in [0.25, 0.3) is 0 Å². The molecule has 3 aliphatic heterocycles. The molecule has 3 aliphatic rings. The summed E-state index contributed by atoms with van der Waals surface area (Å²) in [7, 11) is 3.58. The zero-order chi connectivity index (χ0) is 34.2. The van der Waals surface area contributed by atoms with Crippen molar-refractivity contribution in [3.63, 3.8) is 0 Å². The van der Waals surface area contributed by atoms with E-state index in [9.17, 15) is 24.9 Å². The van der Waals surface area contributed by atoms with Crippen LogP contribution >= 0.6 is 0 Å². The molecule has 10 atom stereocenters. The number of carbonyl (C=O) groups excluding carboxylic acids is 2. The van der Waals surface area contributed by atoms with E-state index in [2.05, 4.69) is 4.90 Å². The molecule has 11 heteroatoms. The van der Waals surface area contributed by atoms with Gasteiger partial charge in [-0.05, 0) is 58.7 Å². The summed E-state index contributed by atoms with van der Waals surface area (Å²) in [6, 6.07) is 0. The predicted molar refractivity (Wildman–Crippen MR) is 175 cm³/mol. The van der Waals surface area contributed by atoms with Gasteiger partial charge in [-0.3, -0.25) is 4.79 Å². The van der Waals surface area contributed by atoms with Gasteiger partial charge in [0.15, 0.2) is 6.10 Å². The van der Waals surface area contributed by atoms with Gasteiger partial charge in [0.1, 0.15) is 11.7 Å². The Morgan fingerprint density at radius 1 is 1.26 bits per heavy atom. The lowest BCUT2D eigenvalue weighted by molar-refractivity contribution is -0.151. The smallest absolute Gasteiger partial charge is 0.410 e. The number of likely N-dealkylation sites (N-methyl/N-ethyl adjacent to an activating group) is 1. The number of hydrogen-bond acceptors (Lipinski definition) is 10. The van der Waals surface area contributed by atoms with Crippen molar-refractivity contribution in [2.75, 3.05) is 40.3 Å². The van der Waals surface area contributed by atoms with Crippen molar-refractivity contribution in [1.29, 1.82) is 0 Å². The molecule has 3 rings (SSSR count). The Morgan fingerprint density at radius 2 is 1.93 bits per heavy atom. The number of piperazine rings is 1. The number of aliphatic hydroxyl groups is 3. The predicted octanol–water partition coefficient (Wildman–Crippen LogP) is 3.61. The number of hydrogen-bond donors (Lipinski definition) is 3. The normalized spacial score (nSPS) is 34.6. The number of amides is 1. The largest absolute Gasteiger partial charge is 0.457 e. The maximum absolute atomic E-state index is 13.2. The number of epoxide rings is 1. The summed E-state index contributed by atoms with van der Waals surface area (Å²) >= 11 is 0. The second kappa shape index (κ2) is 16.7. The van der Waals surface area contributed by atoms with Crippen molar-refractivity contribution in [2.45, 2.75) is 121 Å². The molecule has 3 heterocycles. The molecule has 10 unspecified atom stereocenters. The van der Waals surface area contributed by atoms with E-state index < -0.39 is 47.7 Å². The van der Waals surface area contributed by atoms with Crippen LogP contribution in [0.3, 0.4) is 0 Å². The fraction of sp³-hybridized carbons (Fsp3) is 0.771. The van der Waals surface area contributed by atoms with Gasteiger partial charge in [-0.2, -0.15) is 0 Å². The first kappa shape index (κ1) is 38.2. The summed E-state index contributed by atoms with van der Waals surface area (Å²) in [5.41, 5.74) is -1.34. The highest BCUT2D eigenvalue weighted by Gasteiger charge is 2.47. The third kappa shape index (κ3) is 10.9. The van der Waals surface area contributed by atoms with Crippen molar-refractivity contribution in [3.8, 4) is 0 Å². The van der Waals surface area contributed by atoms with E-state index in [4.69, 9.17) is 18.9 Å². The minimum absolute atomic E-state index is 0.00239. The Labute approximate surface area is 275 Å². The third-order valence-corrected chi connectivity index (χ3v) is 9.80. The van der Waals surface area contributed by atoms with E-state index in [1.807, 2.05) is 47.7 Å². The number of cyclic esters (lactones) is 1. The van der Waals surface area contributed by atoms with Crippen molar-refractivity contribution in [3.05, 3.63) is 36.0 Å². The number of allylic oxidation sites excluding steroid dienone is 2. The van der Waals surface area contributed by atoms with Gasteiger partial charge in [0.2, 0.25) is 0 Å². The van der Waals surface area contributed by atoms with E-state index in [0.717, 1.165) is 18.7 Å². The Morgan fingerprint density at radius 3 is 2.57 bits per heavy atom. The van der Waals surface area contributed by atoms with Gasteiger partial charge in [0.25, 0.3) is 0 Å². The molecule has 1 amide bonds. The highest BCUT2D eigenvalue weighted by Crippen LogP contribution is 2.37. The van der Waals surface area contributed by atoms with Crippen LogP contribution < -0.4 is 0 Å². The van der Waals surface area contributed by atoms with E-state index in [1.54, 1.807) is 43.2 Å². The van der Waals surface area contributed by atoms with Crippen LogP contribution in [0.5, 0.6) is 0 Å². The van der Waals surface area contributed by atoms with Crippen LogP contribution in [0, 0.1) is 11.8 Å². The summed E-state index contributed by atoms with van der Waals surface area (Å²) in [6.07, 6.45) is 6.98. The number of carbonyl (C=O) groups is 2. The molecule has 0 saturated carbocycles. The van der Waals surface area contributed by atoms with E-state index in [1.165, 1.54) is 0 Å². The Bertz CT molecular complexity index is 1100. The van der Waals surface area contributed by atoms with Crippen LogP contribution in [-0.4, -0.2) is 125 Å². The molecular formula is C35H58N2O9. The molecule has 11 nitrogen and oxygen atoms in total. The quantitative estimate of drug-likeness (QED) is 0.139. The molecular weight excluding hydrogens is 592 g/mol. The summed E-state index contributed by atoms with van der Waals surface area (Å²) in [5, 5.41) is 31.9. The summed E-state index contributed by atoms with van der Waals surface area (Å²) in [6.45, 7) is 13.9. The van der Waals surface area contributed by atoms with E-state index in [-0.39, 0.29) is 36.9 Å². The average Bonchev–Trinajstić information content (AvgIpc) is 3.77. The number of ether oxygens (including phenoxy) is 4. The first-order chi connectivity index (χ1) is 21.6. The topological polar surface area (TPSA) is 142 Å². The summed E-state index contributed by atoms with van der Waals surface area (Å²) in [4.78, 5) is 29.9. The van der Waals surface area contributed by atoms with Crippen molar-refractivity contribution < 1.29 is 43.9 Å². The standard InChI is InChI=1S/C35H58N2O9/c1-9-27(39)25(4)32-28(44-32)22-34(5,42)15-10-11-23(2)31-24(3)12-13-29(45-33(41)37-19-17-36(7)18-20-37)35(6,43-8)16-14-26(38)21-30(40)46-31/h10-13,15,24-29,31-32,38-39,42H,9,14,16-22H2,1-8H3. The Balaban J connectivity index is 1.77. The zero-order valence-corrected chi connectivity index (χ0v) is 29.1. The van der Waals surface area contributed by atoms with Crippen LogP contribution in [0.1, 0.15) is 73.6 Å². The van der Waals surface area contributed by atoms with Gasteiger partial charge >= 0.3 is 12.1 Å². The minimum Gasteiger partial charge on any atom is -0.457 e. The number of esters is 1. The first-order valence-electron chi connectivity index (χ1n) is 16.8. The van der Waals surface area contributed by atoms with E-state index in [0.29, 0.717) is 32.4 Å². The van der Waals surface area contributed by atoms with Gasteiger partial charge in [-0.1, -0.05) is 45.1 Å². The second-order valence-corrected chi connectivity index (χ2v) is 14.0. The monoisotopic (exact) mass is 650 g/mol. The lowest BCUT2D eigenvalue weighted by atomic mass is 9.88. The Hall–Kier alpha value is -2.28. The van der Waals surface area contributed by atoms with Gasteiger partial charge in [0.05, 0.1) is 36.4 Å². The fourth-order valence-corrected chi connectivity index (χ4v) is 6.18. The molecule has 262 valence electrons. The third-order valence-electron chi connectivity index (χ3n) is 9.80. The number of nitrogens with zero attached hydrogens (tertiary/aromatic N) is 2. The van der Waals surface area contributed by atoms with Crippen molar-refractivity contribution >= 4 is 12.1 Å². The number of aliphatic hydroxyl groups excluding tert-OH is 2.